The van der Waals surface area contributed by atoms with Crippen molar-refractivity contribution in [2.24, 2.45) is 26.9 Å². The average Bonchev–Trinajstić information content (AvgIpc) is 3.71. The number of aromatic nitrogens is 4. The van der Waals surface area contributed by atoms with Gasteiger partial charge in [-0.2, -0.15) is 5.10 Å². The molecule has 4 amide bonds. The van der Waals surface area contributed by atoms with Crippen molar-refractivity contribution in [1.82, 2.24) is 24.2 Å². The second-order valence-corrected chi connectivity index (χ2v) is 11.5. The Morgan fingerprint density at radius 1 is 0.792 bits per heavy atom. The number of nitrogens with zero attached hydrogens (tertiary/aromatic N) is 5. The SMILES string of the molecule is Cn1cc(NC(=O)c2ccc(N(CCCl)CCCl)cc2)cc1C(=O)Nc1cc(C(=O)Nc2cc(C(=O)NCCC(=N)N)n(C)n2)n(C)c1. The molecule has 254 valence electrons. The number of aryl methyl sites for hydroxylation is 3. The highest BCUT2D eigenvalue weighted by molar-refractivity contribution is 6.18. The molecule has 7 N–H and O–H groups in total. The summed E-state index contributed by atoms with van der Waals surface area (Å²) in [5.41, 5.74) is 8.16. The third-order valence-electron chi connectivity index (χ3n) is 7.23. The molecule has 0 fully saturated rings. The Morgan fingerprint density at radius 3 is 1.88 bits per heavy atom. The number of anilines is 4. The first-order valence-corrected chi connectivity index (χ1v) is 15.9. The van der Waals surface area contributed by atoms with Crippen molar-refractivity contribution in [2.75, 3.05) is 52.2 Å². The zero-order valence-electron chi connectivity index (χ0n) is 26.6. The summed E-state index contributed by atoms with van der Waals surface area (Å²) in [6, 6.07) is 11.6. The maximum Gasteiger partial charge on any atom is 0.273 e. The van der Waals surface area contributed by atoms with Crippen molar-refractivity contribution in [3.8, 4) is 0 Å². The van der Waals surface area contributed by atoms with Crippen LogP contribution in [0.25, 0.3) is 0 Å². The zero-order chi connectivity index (χ0) is 35.0. The summed E-state index contributed by atoms with van der Waals surface area (Å²) in [6.07, 6.45) is 3.41. The first-order chi connectivity index (χ1) is 22.9. The van der Waals surface area contributed by atoms with Gasteiger partial charge in [0.2, 0.25) is 0 Å². The van der Waals surface area contributed by atoms with Gasteiger partial charge in [-0.25, -0.2) is 0 Å². The molecular formula is C31H37Cl2N11O4. The molecule has 48 heavy (non-hydrogen) atoms. The second kappa shape index (κ2) is 16.0. The minimum Gasteiger partial charge on any atom is -0.388 e. The van der Waals surface area contributed by atoms with E-state index in [1.807, 2.05) is 17.0 Å². The smallest absolute Gasteiger partial charge is 0.273 e. The Kier molecular flexibility index (Phi) is 11.9. The molecule has 0 unspecified atom stereocenters. The molecule has 0 radical (unpaired) electrons. The summed E-state index contributed by atoms with van der Waals surface area (Å²) in [7, 11) is 4.88. The van der Waals surface area contributed by atoms with Gasteiger partial charge in [0.25, 0.3) is 23.6 Å². The molecule has 17 heteroatoms. The van der Waals surface area contributed by atoms with Gasteiger partial charge < -0.3 is 41.0 Å². The number of hydrogen-bond acceptors (Lipinski definition) is 7. The molecular weight excluding hydrogens is 661 g/mol. The lowest BCUT2D eigenvalue weighted by Crippen LogP contribution is -2.29. The Bertz CT molecular complexity index is 1800. The van der Waals surface area contributed by atoms with Crippen LogP contribution in [0.15, 0.2) is 54.9 Å². The van der Waals surface area contributed by atoms with E-state index in [0.717, 1.165) is 5.69 Å². The first kappa shape index (κ1) is 35.6. The molecule has 1 aromatic carbocycles. The van der Waals surface area contributed by atoms with Gasteiger partial charge in [0.15, 0.2) is 5.82 Å². The van der Waals surface area contributed by atoms with Crippen LogP contribution >= 0.6 is 23.2 Å². The standard InChI is InChI=1S/C31H37Cl2N11O4/c1-41-17-20(37-28(45)19-4-6-22(7-5-19)44(12-9-32)13-10-33)14-23(41)30(47)38-21-15-24(42(2)18-21)31(48)39-27-16-25(43(3)40-27)29(46)36-11-8-26(34)35/h4-7,14-18H,8-13H2,1-3H3,(H3,34,35)(H,36,46)(H,37,45)(H,38,47)(H,39,40,48). The van der Waals surface area contributed by atoms with E-state index in [2.05, 4.69) is 26.4 Å². The normalized spacial score (nSPS) is 10.8. The van der Waals surface area contributed by atoms with Gasteiger partial charge >= 0.3 is 0 Å². The minimum atomic E-state index is -0.512. The van der Waals surface area contributed by atoms with Gasteiger partial charge in [-0.1, -0.05) is 0 Å². The van der Waals surface area contributed by atoms with Crippen LogP contribution in [0.2, 0.25) is 0 Å². The van der Waals surface area contributed by atoms with E-state index in [1.54, 1.807) is 56.3 Å². The molecule has 15 nitrogen and oxygen atoms in total. The highest BCUT2D eigenvalue weighted by Crippen LogP contribution is 2.21. The van der Waals surface area contributed by atoms with Gasteiger partial charge in [-0.3, -0.25) is 29.3 Å². The maximum absolute atomic E-state index is 13.2. The number of halogens is 2. The van der Waals surface area contributed by atoms with Crippen LogP contribution < -0.4 is 31.9 Å². The zero-order valence-corrected chi connectivity index (χ0v) is 28.2. The first-order valence-electron chi connectivity index (χ1n) is 14.8. The van der Waals surface area contributed by atoms with Crippen molar-refractivity contribution in [3.63, 3.8) is 0 Å². The fourth-order valence-electron chi connectivity index (χ4n) is 4.84. The van der Waals surface area contributed by atoms with Crippen LogP contribution in [0.5, 0.6) is 0 Å². The van der Waals surface area contributed by atoms with E-state index in [0.29, 0.717) is 41.8 Å². The molecule has 3 heterocycles. The largest absolute Gasteiger partial charge is 0.388 e. The van der Waals surface area contributed by atoms with E-state index in [-0.39, 0.29) is 47.6 Å². The van der Waals surface area contributed by atoms with E-state index in [4.69, 9.17) is 34.3 Å². The third kappa shape index (κ3) is 8.95. The number of carbonyl (C=O) groups is 4. The van der Waals surface area contributed by atoms with Crippen molar-refractivity contribution in [2.45, 2.75) is 6.42 Å². The Balaban J connectivity index is 1.37. The quantitative estimate of drug-likeness (QED) is 0.0623. The molecule has 0 bridgehead atoms. The van der Waals surface area contributed by atoms with Crippen LogP contribution in [0.4, 0.5) is 22.9 Å². The summed E-state index contributed by atoms with van der Waals surface area (Å²) in [5, 5.41) is 22.3. The molecule has 0 spiro atoms. The number of amidine groups is 1. The number of nitrogens with two attached hydrogens (primary N) is 1. The monoisotopic (exact) mass is 697 g/mol. The van der Waals surface area contributed by atoms with E-state index >= 15 is 0 Å². The number of amides is 4. The number of rotatable bonds is 15. The van der Waals surface area contributed by atoms with Gasteiger partial charge in [0.05, 0.1) is 17.2 Å². The molecule has 4 rings (SSSR count). The average molecular weight is 699 g/mol. The molecule has 4 aromatic rings. The molecule has 0 saturated carbocycles. The lowest BCUT2D eigenvalue weighted by molar-refractivity contribution is 0.0943. The predicted octanol–water partition coefficient (Wildman–Crippen LogP) is 3.19. The van der Waals surface area contributed by atoms with E-state index in [9.17, 15) is 19.2 Å². The van der Waals surface area contributed by atoms with Gasteiger partial charge in [-0.05, 0) is 36.4 Å². The minimum absolute atomic E-state index is 0.0449. The number of carbonyl (C=O) groups excluding carboxylic acids is 4. The fraction of sp³-hybridized carbons (Fsp3) is 0.290. The van der Waals surface area contributed by atoms with Gasteiger partial charge in [0.1, 0.15) is 17.1 Å². The van der Waals surface area contributed by atoms with Crippen LogP contribution in [-0.2, 0) is 21.1 Å². The van der Waals surface area contributed by atoms with Crippen LogP contribution in [-0.4, -0.2) is 79.8 Å². The highest BCUT2D eigenvalue weighted by Gasteiger charge is 2.20. The van der Waals surface area contributed by atoms with Crippen LogP contribution in [0, 0.1) is 5.41 Å². The summed E-state index contributed by atoms with van der Waals surface area (Å²) < 4.78 is 4.44. The number of nitrogens with one attached hydrogen (secondary N) is 5. The van der Waals surface area contributed by atoms with Crippen molar-refractivity contribution < 1.29 is 19.2 Å². The lowest BCUT2D eigenvalue weighted by atomic mass is 10.1. The fourth-order valence-corrected chi connectivity index (χ4v) is 5.24. The van der Waals surface area contributed by atoms with E-state index in [1.165, 1.54) is 21.4 Å². The molecule has 0 aliphatic rings. The highest BCUT2D eigenvalue weighted by atomic mass is 35.5. The molecule has 0 saturated heterocycles. The van der Waals surface area contributed by atoms with Crippen molar-refractivity contribution in [1.29, 1.82) is 5.41 Å². The predicted molar refractivity (Wildman–Crippen MR) is 187 cm³/mol. The number of hydrogen-bond donors (Lipinski definition) is 6. The molecule has 0 atom stereocenters. The summed E-state index contributed by atoms with van der Waals surface area (Å²) in [6.45, 7) is 1.45. The summed E-state index contributed by atoms with van der Waals surface area (Å²) >= 11 is 11.8. The van der Waals surface area contributed by atoms with Crippen molar-refractivity contribution >= 4 is 75.5 Å². The maximum atomic E-state index is 13.2. The summed E-state index contributed by atoms with van der Waals surface area (Å²) in [5.74, 6) is -0.730. The number of alkyl halides is 2. The topological polar surface area (TPSA) is 197 Å². The van der Waals surface area contributed by atoms with Crippen molar-refractivity contribution in [3.05, 3.63) is 77.5 Å². The lowest BCUT2D eigenvalue weighted by Gasteiger charge is -2.22. The molecule has 0 aliphatic heterocycles. The van der Waals surface area contributed by atoms with Crippen LogP contribution in [0.3, 0.4) is 0 Å². The third-order valence-corrected chi connectivity index (χ3v) is 7.57. The Morgan fingerprint density at radius 2 is 1.33 bits per heavy atom. The summed E-state index contributed by atoms with van der Waals surface area (Å²) in [4.78, 5) is 53.6. The Labute approximate surface area is 286 Å². The number of benzene rings is 1. The van der Waals surface area contributed by atoms with Gasteiger partial charge in [-0.15, -0.1) is 23.2 Å². The molecule has 0 aliphatic carbocycles. The van der Waals surface area contributed by atoms with Crippen LogP contribution in [0.1, 0.15) is 48.2 Å². The second-order valence-electron chi connectivity index (χ2n) is 10.8. The van der Waals surface area contributed by atoms with E-state index < -0.39 is 17.7 Å². The Hall–Kier alpha value is -5.28. The molecule has 3 aromatic heterocycles. The van der Waals surface area contributed by atoms with Gasteiger partial charge in [0, 0.05) is 88.7 Å².